The fraction of sp³-hybridized carbons (Fsp3) is 0.333. The van der Waals surface area contributed by atoms with E-state index in [9.17, 15) is 14.0 Å². The topological polar surface area (TPSA) is 76.7 Å². The maximum absolute atomic E-state index is 13.0. The Hall–Kier alpha value is -2.93. The third-order valence-electron chi connectivity index (χ3n) is 3.52. The van der Waals surface area contributed by atoms with Crippen LogP contribution in [0.5, 0.6) is 0 Å². The van der Waals surface area contributed by atoms with E-state index in [2.05, 4.69) is 10.6 Å². The smallest absolute Gasteiger partial charge is 0.408 e. The van der Waals surface area contributed by atoms with Crippen LogP contribution >= 0.6 is 0 Å². The Morgan fingerprint density at radius 3 is 2.29 bits per heavy atom. The van der Waals surface area contributed by atoms with Gasteiger partial charge < -0.3 is 20.1 Å². The minimum atomic E-state index is -0.983. The van der Waals surface area contributed by atoms with E-state index in [0.29, 0.717) is 5.69 Å². The van der Waals surface area contributed by atoms with Crippen LogP contribution in [0.3, 0.4) is 0 Å². The van der Waals surface area contributed by atoms with Crippen LogP contribution in [-0.4, -0.2) is 30.3 Å². The summed E-state index contributed by atoms with van der Waals surface area (Å²) in [7, 11) is 0. The van der Waals surface area contributed by atoms with Gasteiger partial charge in [-0.2, -0.15) is 0 Å². The number of halogens is 1. The number of alkyl carbamates (subject to hydrolysis) is 1. The Kier molecular flexibility index (Phi) is 7.52. The van der Waals surface area contributed by atoms with Gasteiger partial charge in [-0.3, -0.25) is 4.79 Å². The zero-order valence-corrected chi connectivity index (χ0v) is 16.2. The van der Waals surface area contributed by atoms with Crippen LogP contribution in [-0.2, 0) is 20.9 Å². The summed E-state index contributed by atoms with van der Waals surface area (Å²) < 4.78 is 23.8. The number of hydrogen-bond acceptors (Lipinski definition) is 4. The molecule has 0 bridgehead atoms. The highest BCUT2D eigenvalue weighted by Gasteiger charge is 2.25. The molecule has 2 aromatic rings. The van der Waals surface area contributed by atoms with Gasteiger partial charge in [-0.15, -0.1) is 0 Å². The van der Waals surface area contributed by atoms with Crippen LogP contribution in [0, 0.1) is 5.82 Å². The Balaban J connectivity index is 2.00. The Morgan fingerprint density at radius 1 is 1.04 bits per heavy atom. The Morgan fingerprint density at radius 2 is 1.68 bits per heavy atom. The number of carbonyl (C=O) groups is 2. The van der Waals surface area contributed by atoms with Crippen molar-refractivity contribution in [2.24, 2.45) is 0 Å². The van der Waals surface area contributed by atoms with Gasteiger partial charge in [0.2, 0.25) is 5.91 Å². The summed E-state index contributed by atoms with van der Waals surface area (Å²) in [6.45, 7) is 5.42. The van der Waals surface area contributed by atoms with Crippen molar-refractivity contribution in [3.8, 4) is 0 Å². The van der Waals surface area contributed by atoms with Gasteiger partial charge in [-0.1, -0.05) is 30.3 Å². The van der Waals surface area contributed by atoms with Crippen molar-refractivity contribution >= 4 is 17.7 Å². The summed E-state index contributed by atoms with van der Waals surface area (Å²) in [6.07, 6.45) is -0.727. The largest absolute Gasteiger partial charge is 0.444 e. The molecule has 0 aliphatic carbocycles. The van der Waals surface area contributed by atoms with Crippen LogP contribution in [0.25, 0.3) is 0 Å². The van der Waals surface area contributed by atoms with Crippen LogP contribution < -0.4 is 10.6 Å². The van der Waals surface area contributed by atoms with E-state index >= 15 is 0 Å². The molecule has 7 heteroatoms. The first-order valence-corrected chi connectivity index (χ1v) is 8.90. The highest BCUT2D eigenvalue weighted by Crippen LogP contribution is 2.10. The predicted molar refractivity (Wildman–Crippen MR) is 104 cm³/mol. The Bertz CT molecular complexity index is 773. The molecule has 1 unspecified atom stereocenters. The van der Waals surface area contributed by atoms with Gasteiger partial charge in [-0.25, -0.2) is 9.18 Å². The molecule has 0 aliphatic heterocycles. The minimum Gasteiger partial charge on any atom is -0.444 e. The van der Waals surface area contributed by atoms with E-state index in [1.54, 1.807) is 20.8 Å². The summed E-state index contributed by atoms with van der Waals surface area (Å²) in [5.74, 6) is -0.904. The lowest BCUT2D eigenvalue weighted by Crippen LogP contribution is -2.48. The molecular formula is C21H25FN2O4. The van der Waals surface area contributed by atoms with E-state index in [-0.39, 0.29) is 13.2 Å². The summed E-state index contributed by atoms with van der Waals surface area (Å²) >= 11 is 0. The average Bonchev–Trinajstić information content (AvgIpc) is 2.62. The summed E-state index contributed by atoms with van der Waals surface area (Å²) in [4.78, 5) is 24.7. The van der Waals surface area contributed by atoms with Gasteiger partial charge >= 0.3 is 6.09 Å². The lowest BCUT2D eigenvalue weighted by atomic mass is 10.2. The normalized spacial score (nSPS) is 12.1. The molecule has 2 rings (SSSR count). The fourth-order valence-electron chi connectivity index (χ4n) is 2.26. The molecule has 6 nitrogen and oxygen atoms in total. The zero-order chi connectivity index (χ0) is 20.6. The van der Waals surface area contributed by atoms with E-state index < -0.39 is 29.5 Å². The predicted octanol–water partition coefficient (Wildman–Crippen LogP) is 3.87. The molecule has 28 heavy (non-hydrogen) atoms. The second-order valence-electron chi connectivity index (χ2n) is 7.20. The first kappa shape index (κ1) is 21.4. The lowest BCUT2D eigenvalue weighted by Gasteiger charge is -2.23. The van der Waals surface area contributed by atoms with Crippen molar-refractivity contribution in [3.05, 3.63) is 66.0 Å². The van der Waals surface area contributed by atoms with Crippen LogP contribution in [0.15, 0.2) is 54.6 Å². The van der Waals surface area contributed by atoms with Crippen LogP contribution in [0.1, 0.15) is 26.3 Å². The first-order chi connectivity index (χ1) is 13.2. The van der Waals surface area contributed by atoms with Crippen molar-refractivity contribution in [2.45, 2.75) is 39.0 Å². The highest BCUT2D eigenvalue weighted by atomic mass is 19.1. The summed E-state index contributed by atoms with van der Waals surface area (Å²) in [5.41, 5.74) is 0.648. The van der Waals surface area contributed by atoms with E-state index in [1.807, 2.05) is 30.3 Å². The van der Waals surface area contributed by atoms with Crippen molar-refractivity contribution in [3.63, 3.8) is 0 Å². The maximum Gasteiger partial charge on any atom is 0.408 e. The molecule has 0 radical (unpaired) electrons. The molecule has 0 saturated heterocycles. The monoisotopic (exact) mass is 388 g/mol. The van der Waals surface area contributed by atoms with Gasteiger partial charge in [-0.05, 0) is 50.6 Å². The standard InChI is InChI=1S/C21H25FN2O4/c1-21(2,3)28-20(26)24-18(14-27-13-15-7-5-4-6-8-15)19(25)23-17-11-9-16(22)10-12-17/h4-12,18H,13-14H2,1-3H3,(H,23,25)(H,24,26). The lowest BCUT2D eigenvalue weighted by molar-refractivity contribution is -0.119. The van der Waals surface area contributed by atoms with Crippen molar-refractivity contribution in [1.29, 1.82) is 0 Å². The molecular weight excluding hydrogens is 363 g/mol. The molecule has 2 amide bonds. The molecule has 0 saturated carbocycles. The molecule has 2 N–H and O–H groups in total. The quantitative estimate of drug-likeness (QED) is 0.755. The van der Waals surface area contributed by atoms with Crippen LogP contribution in [0.4, 0.5) is 14.9 Å². The van der Waals surface area contributed by atoms with Gasteiger partial charge in [0.1, 0.15) is 17.5 Å². The number of hydrogen-bond donors (Lipinski definition) is 2. The average molecular weight is 388 g/mol. The van der Waals surface area contributed by atoms with Crippen molar-refractivity contribution < 1.29 is 23.5 Å². The van der Waals surface area contributed by atoms with Gasteiger partial charge in [0, 0.05) is 5.69 Å². The molecule has 0 heterocycles. The summed E-state index contributed by atoms with van der Waals surface area (Å²) in [5, 5.41) is 5.15. The minimum absolute atomic E-state index is 0.0544. The third kappa shape index (κ3) is 7.75. The molecule has 0 spiro atoms. The highest BCUT2D eigenvalue weighted by molar-refractivity contribution is 5.96. The second-order valence-corrected chi connectivity index (χ2v) is 7.20. The number of benzene rings is 2. The second kappa shape index (κ2) is 9.85. The van der Waals surface area contributed by atoms with Gasteiger partial charge in [0.15, 0.2) is 0 Å². The van der Waals surface area contributed by atoms with Crippen molar-refractivity contribution in [1.82, 2.24) is 5.32 Å². The van der Waals surface area contributed by atoms with Gasteiger partial charge in [0.25, 0.3) is 0 Å². The zero-order valence-electron chi connectivity index (χ0n) is 16.2. The SMILES string of the molecule is CC(C)(C)OC(=O)NC(COCc1ccccc1)C(=O)Nc1ccc(F)cc1. The molecule has 0 aromatic heterocycles. The molecule has 1 atom stereocenters. The maximum atomic E-state index is 13.0. The number of nitrogens with one attached hydrogen (secondary N) is 2. The molecule has 150 valence electrons. The third-order valence-corrected chi connectivity index (χ3v) is 3.52. The number of carbonyl (C=O) groups excluding carboxylic acids is 2. The fourth-order valence-corrected chi connectivity index (χ4v) is 2.26. The molecule has 2 aromatic carbocycles. The molecule has 0 aliphatic rings. The van der Waals surface area contributed by atoms with Crippen molar-refractivity contribution in [2.75, 3.05) is 11.9 Å². The Labute approximate surface area is 164 Å². The summed E-state index contributed by atoms with van der Waals surface area (Å²) in [6, 6.07) is 13.8. The number of anilines is 1. The molecule has 0 fully saturated rings. The number of rotatable bonds is 7. The number of ether oxygens (including phenoxy) is 2. The number of amides is 2. The van der Waals surface area contributed by atoms with Gasteiger partial charge in [0.05, 0.1) is 13.2 Å². The van der Waals surface area contributed by atoms with E-state index in [1.165, 1.54) is 24.3 Å². The first-order valence-electron chi connectivity index (χ1n) is 8.90. The van der Waals surface area contributed by atoms with Crippen LogP contribution in [0.2, 0.25) is 0 Å². The van der Waals surface area contributed by atoms with E-state index in [0.717, 1.165) is 5.56 Å². The van der Waals surface area contributed by atoms with E-state index in [4.69, 9.17) is 9.47 Å².